The van der Waals surface area contributed by atoms with Gasteiger partial charge in [-0.15, -0.1) is 11.3 Å². The summed E-state index contributed by atoms with van der Waals surface area (Å²) >= 11 is 4.95. The van der Waals surface area contributed by atoms with E-state index in [0.29, 0.717) is 11.3 Å². The number of benzene rings is 1. The van der Waals surface area contributed by atoms with Crippen LogP contribution < -0.4 is 5.32 Å². The van der Waals surface area contributed by atoms with Gasteiger partial charge in [0.1, 0.15) is 0 Å². The number of nitrogens with one attached hydrogen (secondary N) is 1. The Kier molecular flexibility index (Phi) is 6.04. The molecule has 1 aliphatic rings. The molecule has 1 fully saturated rings. The molecule has 0 atom stereocenters. The molecular formula is C19H19BrN2O2S. The third-order valence-corrected chi connectivity index (χ3v) is 5.64. The minimum absolute atomic E-state index is 0.0123. The second kappa shape index (κ2) is 8.45. The number of carbonyl (C=O) groups excluding carboxylic acids is 2. The average molecular weight is 419 g/mol. The third kappa shape index (κ3) is 4.80. The number of thiophene rings is 1. The van der Waals surface area contributed by atoms with E-state index in [1.807, 2.05) is 29.2 Å². The number of hydrogen-bond acceptors (Lipinski definition) is 3. The van der Waals surface area contributed by atoms with E-state index >= 15 is 0 Å². The van der Waals surface area contributed by atoms with Crippen LogP contribution in [-0.4, -0.2) is 29.8 Å². The van der Waals surface area contributed by atoms with Gasteiger partial charge in [0.25, 0.3) is 5.91 Å². The van der Waals surface area contributed by atoms with Gasteiger partial charge in [0.05, 0.1) is 15.0 Å². The molecule has 0 spiro atoms. The first-order valence-corrected chi connectivity index (χ1v) is 9.87. The van der Waals surface area contributed by atoms with Gasteiger partial charge < -0.3 is 10.2 Å². The van der Waals surface area contributed by atoms with E-state index in [4.69, 9.17) is 0 Å². The lowest BCUT2D eigenvalue weighted by Crippen LogP contribution is -2.36. The fourth-order valence-corrected chi connectivity index (χ4v) is 4.12. The molecule has 1 N–H and O–H groups in total. The van der Waals surface area contributed by atoms with Gasteiger partial charge in [0.15, 0.2) is 0 Å². The molecule has 130 valence electrons. The number of para-hydroxylation sites is 1. The second-order valence-corrected chi connectivity index (χ2v) is 8.36. The molecule has 3 rings (SSSR count). The first-order chi connectivity index (χ1) is 12.1. The van der Waals surface area contributed by atoms with Gasteiger partial charge >= 0.3 is 0 Å². The Bertz CT molecular complexity index is 794. The summed E-state index contributed by atoms with van der Waals surface area (Å²) in [5.74, 6) is -0.259. The zero-order valence-electron chi connectivity index (χ0n) is 13.7. The van der Waals surface area contributed by atoms with Crippen LogP contribution in [0.1, 0.15) is 34.5 Å². The molecule has 1 saturated heterocycles. The van der Waals surface area contributed by atoms with Crippen LogP contribution in [0, 0.1) is 0 Å². The smallest absolute Gasteiger partial charge is 0.255 e. The summed E-state index contributed by atoms with van der Waals surface area (Å²) in [6.45, 7) is 1.57. The quantitative estimate of drug-likeness (QED) is 0.725. The van der Waals surface area contributed by atoms with Gasteiger partial charge in [-0.05, 0) is 65.5 Å². The predicted octanol–water partition coefficient (Wildman–Crippen LogP) is 4.79. The standard InChI is InChI=1S/C19H19BrN2O2S/c20-17-10-8-14(25-17)9-11-18(23)21-16-7-3-2-6-15(16)19(24)22-12-4-1-5-13-22/h2-3,6-11H,1,4-5,12-13H2,(H,21,23)/b11-9+. The van der Waals surface area contributed by atoms with E-state index < -0.39 is 0 Å². The van der Waals surface area contributed by atoms with E-state index in [-0.39, 0.29) is 11.8 Å². The number of carbonyl (C=O) groups is 2. The summed E-state index contributed by atoms with van der Waals surface area (Å²) in [4.78, 5) is 27.8. The second-order valence-electron chi connectivity index (χ2n) is 5.86. The molecule has 1 aromatic carbocycles. The molecule has 0 radical (unpaired) electrons. The lowest BCUT2D eigenvalue weighted by atomic mass is 10.1. The molecule has 25 heavy (non-hydrogen) atoms. The van der Waals surface area contributed by atoms with Gasteiger partial charge in [-0.1, -0.05) is 12.1 Å². The van der Waals surface area contributed by atoms with E-state index in [2.05, 4.69) is 21.2 Å². The number of piperidine rings is 1. The monoisotopic (exact) mass is 418 g/mol. The molecule has 2 heterocycles. The Morgan fingerprint density at radius 1 is 1.08 bits per heavy atom. The van der Waals surface area contributed by atoms with Crippen molar-refractivity contribution in [1.82, 2.24) is 4.90 Å². The zero-order valence-corrected chi connectivity index (χ0v) is 16.1. The van der Waals surface area contributed by atoms with Gasteiger partial charge in [0, 0.05) is 24.0 Å². The van der Waals surface area contributed by atoms with Crippen molar-refractivity contribution in [2.24, 2.45) is 0 Å². The molecule has 6 heteroatoms. The molecule has 0 aliphatic carbocycles. The Labute approximate surface area is 159 Å². The van der Waals surface area contributed by atoms with Crippen molar-refractivity contribution in [2.45, 2.75) is 19.3 Å². The molecule has 1 aliphatic heterocycles. The van der Waals surface area contributed by atoms with Crippen LogP contribution in [0.3, 0.4) is 0 Å². The molecule has 1 aromatic heterocycles. The van der Waals surface area contributed by atoms with Crippen molar-refractivity contribution in [3.63, 3.8) is 0 Å². The van der Waals surface area contributed by atoms with Crippen molar-refractivity contribution in [1.29, 1.82) is 0 Å². The van der Waals surface area contributed by atoms with Crippen molar-refractivity contribution in [3.05, 3.63) is 56.7 Å². The molecule has 0 saturated carbocycles. The molecule has 2 aromatic rings. The van der Waals surface area contributed by atoms with E-state index in [9.17, 15) is 9.59 Å². The Morgan fingerprint density at radius 3 is 2.56 bits per heavy atom. The minimum atomic E-state index is -0.247. The van der Waals surface area contributed by atoms with Crippen molar-refractivity contribution in [3.8, 4) is 0 Å². The summed E-state index contributed by atoms with van der Waals surface area (Å²) in [6.07, 6.45) is 6.50. The molecule has 4 nitrogen and oxygen atoms in total. The fraction of sp³-hybridized carbons (Fsp3) is 0.263. The van der Waals surface area contributed by atoms with Gasteiger partial charge in [-0.3, -0.25) is 9.59 Å². The van der Waals surface area contributed by atoms with Crippen molar-refractivity contribution < 1.29 is 9.59 Å². The number of hydrogen-bond donors (Lipinski definition) is 1. The number of halogens is 1. The summed E-state index contributed by atoms with van der Waals surface area (Å²) in [6, 6.07) is 11.1. The number of likely N-dealkylation sites (tertiary alicyclic amines) is 1. The van der Waals surface area contributed by atoms with Crippen LogP contribution in [-0.2, 0) is 4.79 Å². The van der Waals surface area contributed by atoms with Gasteiger partial charge in [-0.25, -0.2) is 0 Å². The Hall–Kier alpha value is -1.92. The molecule has 2 amide bonds. The van der Waals surface area contributed by atoms with Crippen LogP contribution >= 0.6 is 27.3 Å². The largest absolute Gasteiger partial charge is 0.339 e. The highest BCUT2D eigenvalue weighted by Gasteiger charge is 2.20. The molecule has 0 unspecified atom stereocenters. The summed E-state index contributed by atoms with van der Waals surface area (Å²) < 4.78 is 1.02. The Morgan fingerprint density at radius 2 is 1.84 bits per heavy atom. The Balaban J connectivity index is 1.70. The van der Waals surface area contributed by atoms with Crippen LogP contribution in [0.25, 0.3) is 6.08 Å². The highest BCUT2D eigenvalue weighted by molar-refractivity contribution is 9.11. The number of amides is 2. The number of anilines is 1. The van der Waals surface area contributed by atoms with Crippen LogP contribution in [0.5, 0.6) is 0 Å². The third-order valence-electron chi connectivity index (χ3n) is 4.05. The normalized spacial score (nSPS) is 14.7. The van der Waals surface area contributed by atoms with Crippen LogP contribution in [0.15, 0.2) is 46.3 Å². The van der Waals surface area contributed by atoms with Crippen LogP contribution in [0.2, 0.25) is 0 Å². The topological polar surface area (TPSA) is 49.4 Å². The van der Waals surface area contributed by atoms with E-state index in [1.54, 1.807) is 29.5 Å². The van der Waals surface area contributed by atoms with Gasteiger partial charge in [-0.2, -0.15) is 0 Å². The minimum Gasteiger partial charge on any atom is -0.339 e. The van der Waals surface area contributed by atoms with E-state index in [1.165, 1.54) is 12.5 Å². The van der Waals surface area contributed by atoms with Crippen molar-refractivity contribution in [2.75, 3.05) is 18.4 Å². The zero-order chi connectivity index (χ0) is 17.6. The number of rotatable bonds is 4. The molecule has 0 bridgehead atoms. The average Bonchev–Trinajstić information content (AvgIpc) is 3.06. The maximum absolute atomic E-state index is 12.7. The van der Waals surface area contributed by atoms with E-state index in [0.717, 1.165) is 34.6 Å². The maximum Gasteiger partial charge on any atom is 0.255 e. The highest BCUT2D eigenvalue weighted by atomic mass is 79.9. The predicted molar refractivity (Wildman–Crippen MR) is 106 cm³/mol. The summed E-state index contributed by atoms with van der Waals surface area (Å²) in [7, 11) is 0. The summed E-state index contributed by atoms with van der Waals surface area (Å²) in [5.41, 5.74) is 1.10. The maximum atomic E-state index is 12.7. The van der Waals surface area contributed by atoms with Crippen LogP contribution in [0.4, 0.5) is 5.69 Å². The first kappa shape index (κ1) is 17.9. The lowest BCUT2D eigenvalue weighted by molar-refractivity contribution is -0.111. The summed E-state index contributed by atoms with van der Waals surface area (Å²) in [5, 5.41) is 2.83. The highest BCUT2D eigenvalue weighted by Crippen LogP contribution is 2.23. The van der Waals surface area contributed by atoms with Gasteiger partial charge in [0.2, 0.25) is 5.91 Å². The first-order valence-electron chi connectivity index (χ1n) is 8.26. The SMILES string of the molecule is O=C(/C=C/c1ccc(Br)s1)Nc1ccccc1C(=O)N1CCCCC1. The lowest BCUT2D eigenvalue weighted by Gasteiger charge is -2.27. The van der Waals surface area contributed by atoms with Crippen molar-refractivity contribution >= 4 is 50.8 Å². The fourth-order valence-electron chi connectivity index (χ4n) is 2.80. The number of nitrogens with zero attached hydrogens (tertiary/aromatic N) is 1. The molecular weight excluding hydrogens is 400 g/mol.